The van der Waals surface area contributed by atoms with Crippen LogP contribution in [0.3, 0.4) is 0 Å². The fourth-order valence-electron chi connectivity index (χ4n) is 2.52. The summed E-state index contributed by atoms with van der Waals surface area (Å²) < 4.78 is 13.3. The number of aromatic nitrogens is 5. The largest absolute Gasteiger partial charge is 0.340 e. The van der Waals surface area contributed by atoms with Crippen LogP contribution in [-0.2, 0) is 0 Å². The second-order valence-electron chi connectivity index (χ2n) is 5.64. The Bertz CT molecular complexity index is 1140. The normalized spacial score (nSPS) is 11.0. The second-order valence-corrected chi connectivity index (χ2v) is 6.05. The van der Waals surface area contributed by atoms with Crippen molar-refractivity contribution in [2.75, 3.05) is 5.32 Å². The average Bonchev–Trinajstić information content (AvgIpc) is 3.23. The standard InChI is InChI=1S/C17H12ClFN6O/c1-8-7-21-15(22-8)16-24-13-10(4-5-20-14(13)25-16)17(26)23-9-2-3-12(19)11(18)6-9/h2-7H,1H3,(H,21,22)(H,23,26)(H,20,24,25). The number of H-pyrrole nitrogens is 2. The summed E-state index contributed by atoms with van der Waals surface area (Å²) in [6.45, 7) is 1.88. The van der Waals surface area contributed by atoms with Gasteiger partial charge in [-0.1, -0.05) is 11.6 Å². The van der Waals surface area contributed by atoms with Gasteiger partial charge in [-0.05, 0) is 31.2 Å². The molecule has 4 aromatic rings. The van der Waals surface area contributed by atoms with E-state index < -0.39 is 11.7 Å². The molecule has 0 saturated heterocycles. The average molecular weight is 371 g/mol. The Morgan fingerprint density at radius 3 is 2.77 bits per heavy atom. The van der Waals surface area contributed by atoms with Gasteiger partial charge in [0.15, 0.2) is 17.3 Å². The number of hydrogen-bond donors (Lipinski definition) is 3. The number of halogens is 2. The first-order chi connectivity index (χ1) is 12.5. The molecule has 0 aliphatic heterocycles. The van der Waals surface area contributed by atoms with E-state index in [9.17, 15) is 9.18 Å². The zero-order chi connectivity index (χ0) is 18.3. The Kier molecular flexibility index (Phi) is 3.89. The van der Waals surface area contributed by atoms with Crippen LogP contribution in [-0.4, -0.2) is 30.8 Å². The molecule has 26 heavy (non-hydrogen) atoms. The molecule has 3 aromatic heterocycles. The number of pyridine rings is 1. The first kappa shape index (κ1) is 16.2. The van der Waals surface area contributed by atoms with Gasteiger partial charge in [-0.25, -0.2) is 19.3 Å². The SMILES string of the molecule is Cc1cnc(-c2nc3nccc(C(=O)Nc4ccc(F)c(Cl)c4)c3[nH]2)[nH]1. The number of nitrogens with one attached hydrogen (secondary N) is 3. The molecule has 0 radical (unpaired) electrons. The van der Waals surface area contributed by atoms with Gasteiger partial charge in [-0.3, -0.25) is 4.79 Å². The molecule has 0 aliphatic rings. The van der Waals surface area contributed by atoms with Crippen molar-refractivity contribution in [1.82, 2.24) is 24.9 Å². The minimum Gasteiger partial charge on any atom is -0.340 e. The number of carbonyl (C=O) groups is 1. The van der Waals surface area contributed by atoms with Crippen molar-refractivity contribution >= 4 is 34.4 Å². The Labute approximate surface area is 151 Å². The molecule has 3 N–H and O–H groups in total. The summed E-state index contributed by atoms with van der Waals surface area (Å²) in [5, 5.41) is 2.61. The number of hydrogen-bond acceptors (Lipinski definition) is 4. The fraction of sp³-hybridized carbons (Fsp3) is 0.0588. The van der Waals surface area contributed by atoms with Crippen LogP contribution in [0.4, 0.5) is 10.1 Å². The highest BCUT2D eigenvalue weighted by Gasteiger charge is 2.16. The zero-order valence-electron chi connectivity index (χ0n) is 13.5. The molecule has 9 heteroatoms. The lowest BCUT2D eigenvalue weighted by atomic mass is 10.2. The lowest BCUT2D eigenvalue weighted by molar-refractivity contribution is 0.102. The summed E-state index contributed by atoms with van der Waals surface area (Å²) in [5.41, 5.74) is 2.48. The lowest BCUT2D eigenvalue weighted by Crippen LogP contribution is -2.12. The van der Waals surface area contributed by atoms with E-state index in [1.54, 1.807) is 12.3 Å². The van der Waals surface area contributed by atoms with Gasteiger partial charge in [0.2, 0.25) is 0 Å². The maximum Gasteiger partial charge on any atom is 0.257 e. The number of aryl methyl sites for hydroxylation is 1. The minimum atomic E-state index is -0.553. The number of benzene rings is 1. The number of fused-ring (bicyclic) bond motifs is 1. The monoisotopic (exact) mass is 370 g/mol. The molecule has 0 unspecified atom stereocenters. The van der Waals surface area contributed by atoms with Crippen LogP contribution in [0.25, 0.3) is 22.8 Å². The second kappa shape index (κ2) is 6.23. The molecule has 1 aromatic carbocycles. The van der Waals surface area contributed by atoms with Gasteiger partial charge in [0.05, 0.1) is 16.1 Å². The van der Waals surface area contributed by atoms with Gasteiger partial charge < -0.3 is 15.3 Å². The Morgan fingerprint density at radius 1 is 1.19 bits per heavy atom. The van der Waals surface area contributed by atoms with Gasteiger partial charge in [0, 0.05) is 23.8 Å². The van der Waals surface area contributed by atoms with Crippen molar-refractivity contribution in [2.24, 2.45) is 0 Å². The summed E-state index contributed by atoms with van der Waals surface area (Å²) in [4.78, 5) is 31.5. The first-order valence-corrected chi connectivity index (χ1v) is 8.02. The van der Waals surface area contributed by atoms with Crippen LogP contribution in [0, 0.1) is 12.7 Å². The lowest BCUT2D eigenvalue weighted by Gasteiger charge is -2.06. The van der Waals surface area contributed by atoms with Gasteiger partial charge in [-0.2, -0.15) is 0 Å². The topological polar surface area (TPSA) is 99.3 Å². The zero-order valence-corrected chi connectivity index (χ0v) is 14.2. The van der Waals surface area contributed by atoms with Crippen molar-refractivity contribution in [3.8, 4) is 11.6 Å². The van der Waals surface area contributed by atoms with Crippen LogP contribution in [0.5, 0.6) is 0 Å². The molecule has 0 spiro atoms. The fourth-order valence-corrected chi connectivity index (χ4v) is 2.70. The Balaban J connectivity index is 1.70. The molecule has 0 atom stereocenters. The number of imidazole rings is 2. The van der Waals surface area contributed by atoms with Gasteiger partial charge in [0.1, 0.15) is 5.82 Å². The third-order valence-electron chi connectivity index (χ3n) is 3.74. The smallest absolute Gasteiger partial charge is 0.257 e. The minimum absolute atomic E-state index is 0.0697. The highest BCUT2D eigenvalue weighted by Crippen LogP contribution is 2.23. The maximum atomic E-state index is 13.3. The maximum absolute atomic E-state index is 13.3. The number of carbonyl (C=O) groups excluding carboxylic acids is 1. The molecular formula is C17H12ClFN6O. The number of nitrogens with zero attached hydrogens (tertiary/aromatic N) is 3. The van der Waals surface area contributed by atoms with Crippen LogP contribution in [0.2, 0.25) is 5.02 Å². The quantitative estimate of drug-likeness (QED) is 0.512. The van der Waals surface area contributed by atoms with E-state index in [4.69, 9.17) is 11.6 Å². The van der Waals surface area contributed by atoms with Crippen molar-refractivity contribution in [3.05, 3.63) is 58.8 Å². The molecule has 3 heterocycles. The number of anilines is 1. The summed E-state index contributed by atoms with van der Waals surface area (Å²) in [5.74, 6) is 0.0802. The first-order valence-electron chi connectivity index (χ1n) is 7.64. The van der Waals surface area contributed by atoms with E-state index in [0.29, 0.717) is 34.1 Å². The summed E-state index contributed by atoms with van der Waals surface area (Å²) in [6, 6.07) is 5.53. The Hall–Kier alpha value is -3.26. The van der Waals surface area contributed by atoms with E-state index in [2.05, 4.69) is 30.2 Å². The van der Waals surface area contributed by atoms with Crippen molar-refractivity contribution in [2.45, 2.75) is 6.92 Å². The molecule has 1 amide bonds. The summed E-state index contributed by atoms with van der Waals surface area (Å²) >= 11 is 5.75. The van der Waals surface area contributed by atoms with Crippen LogP contribution < -0.4 is 5.32 Å². The summed E-state index contributed by atoms with van der Waals surface area (Å²) in [7, 11) is 0. The molecule has 130 valence electrons. The van der Waals surface area contributed by atoms with Gasteiger partial charge in [0.25, 0.3) is 5.91 Å². The third-order valence-corrected chi connectivity index (χ3v) is 4.03. The highest BCUT2D eigenvalue weighted by atomic mass is 35.5. The van der Waals surface area contributed by atoms with Crippen molar-refractivity contribution < 1.29 is 9.18 Å². The number of amides is 1. The van der Waals surface area contributed by atoms with Crippen molar-refractivity contribution in [1.29, 1.82) is 0 Å². The van der Waals surface area contributed by atoms with Crippen LogP contribution in [0.1, 0.15) is 16.1 Å². The highest BCUT2D eigenvalue weighted by molar-refractivity contribution is 6.31. The number of aromatic amines is 2. The molecular weight excluding hydrogens is 359 g/mol. The molecule has 0 aliphatic carbocycles. The van der Waals surface area contributed by atoms with E-state index in [-0.39, 0.29) is 5.02 Å². The molecule has 7 nitrogen and oxygen atoms in total. The van der Waals surface area contributed by atoms with E-state index in [0.717, 1.165) is 5.69 Å². The number of rotatable bonds is 3. The predicted octanol–water partition coefficient (Wildman–Crippen LogP) is 3.70. The molecule has 0 fully saturated rings. The Morgan fingerprint density at radius 2 is 2.04 bits per heavy atom. The van der Waals surface area contributed by atoms with Gasteiger partial charge in [-0.15, -0.1) is 0 Å². The van der Waals surface area contributed by atoms with Crippen LogP contribution in [0.15, 0.2) is 36.7 Å². The molecule has 0 bridgehead atoms. The van der Waals surface area contributed by atoms with Crippen molar-refractivity contribution in [3.63, 3.8) is 0 Å². The van der Waals surface area contributed by atoms with E-state index >= 15 is 0 Å². The van der Waals surface area contributed by atoms with Crippen LogP contribution >= 0.6 is 11.6 Å². The van der Waals surface area contributed by atoms with E-state index in [1.807, 2.05) is 6.92 Å². The summed E-state index contributed by atoms with van der Waals surface area (Å²) in [6.07, 6.45) is 3.18. The van der Waals surface area contributed by atoms with E-state index in [1.165, 1.54) is 24.4 Å². The predicted molar refractivity (Wildman–Crippen MR) is 95.6 cm³/mol. The third kappa shape index (κ3) is 2.91. The molecule has 4 rings (SSSR count). The molecule has 0 saturated carbocycles. The van der Waals surface area contributed by atoms with Gasteiger partial charge >= 0.3 is 0 Å².